The summed E-state index contributed by atoms with van der Waals surface area (Å²) in [5.74, 6) is 0.102. The van der Waals surface area contributed by atoms with E-state index in [1.165, 1.54) is 0 Å². The third-order valence-electron chi connectivity index (χ3n) is 3.67. The fourth-order valence-corrected chi connectivity index (χ4v) is 2.55. The Morgan fingerprint density at radius 3 is 2.76 bits per heavy atom. The normalized spacial score (nSPS) is 20.0. The summed E-state index contributed by atoms with van der Waals surface area (Å²) in [5, 5.41) is 5.80. The zero-order valence-corrected chi connectivity index (χ0v) is 12.0. The van der Waals surface area contributed by atoms with Crippen LogP contribution < -0.4 is 5.32 Å². The molecule has 1 fully saturated rings. The van der Waals surface area contributed by atoms with Gasteiger partial charge in [0.1, 0.15) is 12.3 Å². The molecule has 1 amide bonds. The van der Waals surface area contributed by atoms with Gasteiger partial charge >= 0.3 is 6.18 Å². The highest BCUT2D eigenvalue weighted by Crippen LogP contribution is 2.23. The van der Waals surface area contributed by atoms with Crippen LogP contribution in [0, 0.1) is 13.8 Å². The number of hydrogen-bond donors (Lipinski definition) is 1. The lowest BCUT2D eigenvalue weighted by Crippen LogP contribution is -2.45. The van der Waals surface area contributed by atoms with Crippen LogP contribution in [0.3, 0.4) is 0 Å². The number of halogens is 3. The van der Waals surface area contributed by atoms with Crippen LogP contribution in [0.5, 0.6) is 0 Å². The fraction of sp³-hybridized carbons (Fsp3) is 0.692. The van der Waals surface area contributed by atoms with Crippen molar-refractivity contribution in [3.63, 3.8) is 0 Å². The topological polar surface area (TPSA) is 58.4 Å². The molecular formula is C13H18F3N3O2. The summed E-state index contributed by atoms with van der Waals surface area (Å²) < 4.78 is 41.6. The Morgan fingerprint density at radius 2 is 2.19 bits per heavy atom. The van der Waals surface area contributed by atoms with Crippen molar-refractivity contribution >= 4 is 5.91 Å². The van der Waals surface area contributed by atoms with Gasteiger partial charge in [-0.2, -0.15) is 13.2 Å². The molecule has 0 bridgehead atoms. The number of aromatic nitrogens is 1. The molecule has 8 heteroatoms. The first kappa shape index (κ1) is 15.8. The number of nitrogens with one attached hydrogen (secondary N) is 1. The maximum atomic E-state index is 12.2. The van der Waals surface area contributed by atoms with Gasteiger partial charge in [0.25, 0.3) is 0 Å². The van der Waals surface area contributed by atoms with E-state index >= 15 is 0 Å². The molecule has 1 aromatic heterocycles. The Hall–Kier alpha value is -1.57. The Kier molecular flexibility index (Phi) is 4.55. The Morgan fingerprint density at radius 1 is 1.48 bits per heavy atom. The molecule has 5 nitrogen and oxygen atoms in total. The van der Waals surface area contributed by atoms with Gasteiger partial charge < -0.3 is 9.84 Å². The summed E-state index contributed by atoms with van der Waals surface area (Å²) in [7, 11) is 0. The molecule has 1 N–H and O–H groups in total. The highest BCUT2D eigenvalue weighted by Gasteiger charge is 2.34. The third kappa shape index (κ3) is 3.96. The van der Waals surface area contributed by atoms with Gasteiger partial charge in [-0.25, -0.2) is 0 Å². The van der Waals surface area contributed by atoms with E-state index in [1.54, 1.807) is 13.8 Å². The second-order valence-corrected chi connectivity index (χ2v) is 5.26. The zero-order chi connectivity index (χ0) is 15.6. The summed E-state index contributed by atoms with van der Waals surface area (Å²) >= 11 is 0. The number of aryl methyl sites for hydroxylation is 2. The van der Waals surface area contributed by atoms with Gasteiger partial charge in [-0.1, -0.05) is 5.16 Å². The lowest BCUT2D eigenvalue weighted by atomic mass is 10.1. The standard InChI is InChI=1S/C13H18F3N3O2/c1-8-10(9(2)21-18-8)6-19-5-3-4-11(19)12(20)17-7-13(14,15)16/h11H,3-7H2,1-2H3,(H,17,20)/t11-/m1/s1. The summed E-state index contributed by atoms with van der Waals surface area (Å²) in [4.78, 5) is 13.8. The van der Waals surface area contributed by atoms with E-state index in [9.17, 15) is 18.0 Å². The Labute approximate surface area is 120 Å². The van der Waals surface area contributed by atoms with E-state index in [0.29, 0.717) is 25.3 Å². The van der Waals surface area contributed by atoms with Gasteiger partial charge in [-0.05, 0) is 33.2 Å². The molecule has 0 unspecified atom stereocenters. The molecule has 0 aromatic carbocycles. The van der Waals surface area contributed by atoms with Crippen molar-refractivity contribution in [3.05, 3.63) is 17.0 Å². The quantitative estimate of drug-likeness (QED) is 0.923. The number of amides is 1. The Balaban J connectivity index is 1.98. The number of likely N-dealkylation sites (tertiary alicyclic amines) is 1. The summed E-state index contributed by atoms with van der Waals surface area (Å²) in [6.07, 6.45) is -3.04. The summed E-state index contributed by atoms with van der Waals surface area (Å²) in [6.45, 7) is 3.44. The van der Waals surface area contributed by atoms with Crippen molar-refractivity contribution in [3.8, 4) is 0 Å². The second kappa shape index (κ2) is 6.05. The van der Waals surface area contributed by atoms with Crippen LogP contribution >= 0.6 is 0 Å². The molecule has 0 aliphatic carbocycles. The fourth-order valence-electron chi connectivity index (χ4n) is 2.55. The van der Waals surface area contributed by atoms with E-state index in [1.807, 2.05) is 10.2 Å². The van der Waals surface area contributed by atoms with Crippen LogP contribution in [0.1, 0.15) is 29.9 Å². The summed E-state index contributed by atoms with van der Waals surface area (Å²) in [6, 6.07) is -0.527. The number of hydrogen-bond acceptors (Lipinski definition) is 4. The Bertz CT molecular complexity index is 494. The largest absolute Gasteiger partial charge is 0.405 e. The zero-order valence-electron chi connectivity index (χ0n) is 12.0. The van der Waals surface area contributed by atoms with Crippen LogP contribution in [-0.4, -0.2) is 41.3 Å². The third-order valence-corrected chi connectivity index (χ3v) is 3.67. The number of alkyl halides is 3. The molecule has 1 atom stereocenters. The van der Waals surface area contributed by atoms with Crippen LogP contribution in [0.2, 0.25) is 0 Å². The molecule has 1 aliphatic heterocycles. The molecule has 2 heterocycles. The lowest BCUT2D eigenvalue weighted by Gasteiger charge is -2.23. The molecule has 21 heavy (non-hydrogen) atoms. The SMILES string of the molecule is Cc1noc(C)c1CN1CCC[C@@H]1C(=O)NCC(F)(F)F. The molecule has 1 aliphatic rings. The molecule has 0 spiro atoms. The van der Waals surface area contributed by atoms with E-state index < -0.39 is 24.7 Å². The predicted molar refractivity (Wildman–Crippen MR) is 68.5 cm³/mol. The molecular weight excluding hydrogens is 287 g/mol. The highest BCUT2D eigenvalue weighted by atomic mass is 19.4. The van der Waals surface area contributed by atoms with Crippen molar-refractivity contribution in [2.75, 3.05) is 13.1 Å². The van der Waals surface area contributed by atoms with Gasteiger partial charge in [0.2, 0.25) is 5.91 Å². The van der Waals surface area contributed by atoms with Crippen molar-refractivity contribution in [1.82, 2.24) is 15.4 Å². The predicted octanol–water partition coefficient (Wildman–Crippen LogP) is 1.93. The minimum absolute atomic E-state index is 0.464. The minimum atomic E-state index is -4.39. The minimum Gasteiger partial charge on any atom is -0.361 e. The van der Waals surface area contributed by atoms with Crippen molar-refractivity contribution in [2.24, 2.45) is 0 Å². The van der Waals surface area contributed by atoms with Crippen LogP contribution in [0.25, 0.3) is 0 Å². The second-order valence-electron chi connectivity index (χ2n) is 5.26. The smallest absolute Gasteiger partial charge is 0.361 e. The number of carbonyl (C=O) groups excluding carboxylic acids is 1. The first-order valence-corrected chi connectivity index (χ1v) is 6.78. The number of rotatable bonds is 4. The van der Waals surface area contributed by atoms with E-state index in [-0.39, 0.29) is 0 Å². The monoisotopic (exact) mass is 305 g/mol. The molecule has 1 aromatic rings. The van der Waals surface area contributed by atoms with Gasteiger partial charge in [0.05, 0.1) is 11.7 Å². The number of nitrogens with zero attached hydrogens (tertiary/aromatic N) is 2. The maximum absolute atomic E-state index is 12.2. The van der Waals surface area contributed by atoms with Crippen LogP contribution in [0.15, 0.2) is 4.52 Å². The van der Waals surface area contributed by atoms with Gasteiger partial charge in [0, 0.05) is 12.1 Å². The highest BCUT2D eigenvalue weighted by molar-refractivity contribution is 5.82. The maximum Gasteiger partial charge on any atom is 0.405 e. The van der Waals surface area contributed by atoms with Crippen LogP contribution in [0.4, 0.5) is 13.2 Å². The molecule has 0 saturated carbocycles. The molecule has 118 valence electrons. The molecule has 0 radical (unpaired) electrons. The molecule has 1 saturated heterocycles. The van der Waals surface area contributed by atoms with Gasteiger partial charge in [-0.3, -0.25) is 9.69 Å². The van der Waals surface area contributed by atoms with Crippen molar-refractivity contribution in [2.45, 2.75) is 45.5 Å². The first-order chi connectivity index (χ1) is 9.78. The van der Waals surface area contributed by atoms with E-state index in [4.69, 9.17) is 4.52 Å². The van der Waals surface area contributed by atoms with Gasteiger partial charge in [0.15, 0.2) is 0 Å². The average molecular weight is 305 g/mol. The average Bonchev–Trinajstić information content (AvgIpc) is 2.97. The molecule has 2 rings (SSSR count). The lowest BCUT2D eigenvalue weighted by molar-refractivity contribution is -0.141. The van der Waals surface area contributed by atoms with Crippen LogP contribution in [-0.2, 0) is 11.3 Å². The van der Waals surface area contributed by atoms with Crippen molar-refractivity contribution < 1.29 is 22.5 Å². The van der Waals surface area contributed by atoms with E-state index in [2.05, 4.69) is 5.16 Å². The number of carbonyl (C=O) groups is 1. The van der Waals surface area contributed by atoms with Gasteiger partial charge in [-0.15, -0.1) is 0 Å². The van der Waals surface area contributed by atoms with Crippen molar-refractivity contribution in [1.29, 1.82) is 0 Å². The summed E-state index contributed by atoms with van der Waals surface area (Å²) in [5.41, 5.74) is 1.64. The first-order valence-electron chi connectivity index (χ1n) is 6.78. The van der Waals surface area contributed by atoms with E-state index in [0.717, 1.165) is 17.7 Å².